The van der Waals surface area contributed by atoms with Crippen molar-refractivity contribution in [3.8, 4) is 0 Å². The van der Waals surface area contributed by atoms with Gasteiger partial charge in [-0.2, -0.15) is 0 Å². The lowest BCUT2D eigenvalue weighted by molar-refractivity contribution is 0.302. The maximum atomic E-state index is 14.1. The molecule has 2 aliphatic heterocycles. The zero-order valence-electron chi connectivity index (χ0n) is 24.2. The van der Waals surface area contributed by atoms with E-state index in [1.807, 2.05) is 98.8 Å². The maximum Gasteiger partial charge on any atom is 0.173 e. The second kappa shape index (κ2) is 12.4. The predicted octanol–water partition coefficient (Wildman–Crippen LogP) is 7.45. The highest BCUT2D eigenvalue weighted by Crippen LogP contribution is 2.54. The molecule has 0 bridgehead atoms. The third-order valence-corrected chi connectivity index (χ3v) is 12.3. The second-order valence-corrected chi connectivity index (χ2v) is 14.9. The van der Waals surface area contributed by atoms with Crippen molar-refractivity contribution in [1.82, 2.24) is 0 Å². The van der Waals surface area contributed by atoms with E-state index in [4.69, 9.17) is 9.47 Å². The Morgan fingerprint density at radius 3 is 1.26 bits per heavy atom. The highest BCUT2D eigenvalue weighted by molar-refractivity contribution is 7.87. The molecule has 0 aromatic heterocycles. The van der Waals surface area contributed by atoms with Crippen molar-refractivity contribution in [2.45, 2.75) is 84.2 Å². The van der Waals surface area contributed by atoms with E-state index in [0.717, 1.165) is 46.6 Å². The summed E-state index contributed by atoms with van der Waals surface area (Å²) in [6, 6.07) is 36.5. The van der Waals surface area contributed by atoms with E-state index in [2.05, 4.69) is 24.3 Å². The van der Waals surface area contributed by atoms with Gasteiger partial charge in [0.15, 0.2) is 9.87 Å². The van der Waals surface area contributed by atoms with Crippen LogP contribution in [0.4, 0.5) is 0 Å². The molecule has 0 aliphatic carbocycles. The van der Waals surface area contributed by atoms with Crippen LogP contribution < -0.4 is 0 Å². The fourth-order valence-electron chi connectivity index (χ4n) is 5.88. The van der Waals surface area contributed by atoms with Gasteiger partial charge < -0.3 is 9.47 Å². The summed E-state index contributed by atoms with van der Waals surface area (Å²) in [5.74, 6) is 0. The summed E-state index contributed by atoms with van der Waals surface area (Å²) >= 11 is 0. The van der Waals surface area contributed by atoms with Crippen LogP contribution in [0, 0.1) is 13.8 Å². The molecule has 2 heterocycles. The Hall–Kier alpha value is -2.90. The van der Waals surface area contributed by atoms with Crippen molar-refractivity contribution in [3.63, 3.8) is 0 Å². The van der Waals surface area contributed by atoms with Gasteiger partial charge in [-0.1, -0.05) is 96.1 Å². The van der Waals surface area contributed by atoms with E-state index < -0.39 is 31.5 Å². The standard InChI is InChI=1S/C36H38O4S2/c1-27-13-19-31(20-14-27)41(37)35(33(39-35)23-17-29-9-5-3-6-10-29)25-26-36(42(38)32-21-15-28(2)16-22-32)34(40-36)24-18-30-11-7-4-8-12-30/h3-16,19-22,33-34H,17-18,23-26H2,1-2H3. The second-order valence-electron chi connectivity index (χ2n) is 11.5. The fraction of sp³-hybridized carbons (Fsp3) is 0.333. The van der Waals surface area contributed by atoms with Crippen molar-refractivity contribution in [2.24, 2.45) is 0 Å². The van der Waals surface area contributed by atoms with Crippen molar-refractivity contribution in [2.75, 3.05) is 0 Å². The molecule has 4 aromatic rings. The summed E-state index contributed by atoms with van der Waals surface area (Å²) in [5, 5.41) is 0. The molecule has 6 heteroatoms. The van der Waals surface area contributed by atoms with Gasteiger partial charge in [0.05, 0.1) is 21.6 Å². The third kappa shape index (κ3) is 6.23. The normalized spacial score (nSPS) is 26.0. The zero-order valence-corrected chi connectivity index (χ0v) is 25.9. The van der Waals surface area contributed by atoms with Crippen molar-refractivity contribution < 1.29 is 17.9 Å². The first-order chi connectivity index (χ1) is 20.4. The van der Waals surface area contributed by atoms with Gasteiger partial charge in [0.2, 0.25) is 0 Å². The molecule has 218 valence electrons. The number of benzene rings is 4. The Morgan fingerprint density at radius 2 is 0.905 bits per heavy atom. The first-order valence-corrected chi connectivity index (χ1v) is 17.1. The Balaban J connectivity index is 1.23. The molecule has 0 N–H and O–H groups in total. The van der Waals surface area contributed by atoms with Gasteiger partial charge in [-0.15, -0.1) is 0 Å². The number of aryl methyl sites for hydroxylation is 4. The lowest BCUT2D eigenvalue weighted by atomic mass is 10.0. The minimum absolute atomic E-state index is 0.133. The number of hydrogen-bond donors (Lipinski definition) is 0. The van der Waals surface area contributed by atoms with Crippen molar-refractivity contribution >= 4 is 21.6 Å². The summed E-state index contributed by atoms with van der Waals surface area (Å²) in [4.78, 5) is -0.0859. The van der Waals surface area contributed by atoms with Crippen LogP contribution in [-0.2, 0) is 43.9 Å². The molecule has 4 aromatic carbocycles. The smallest absolute Gasteiger partial charge is 0.173 e. The Bertz CT molecular complexity index is 1420. The highest BCUT2D eigenvalue weighted by Gasteiger charge is 2.66. The van der Waals surface area contributed by atoms with Crippen molar-refractivity contribution in [1.29, 1.82) is 0 Å². The van der Waals surface area contributed by atoms with E-state index in [9.17, 15) is 8.42 Å². The molecular weight excluding hydrogens is 561 g/mol. The first kappa shape index (κ1) is 29.2. The van der Waals surface area contributed by atoms with Crippen LogP contribution >= 0.6 is 0 Å². The predicted molar refractivity (Wildman–Crippen MR) is 169 cm³/mol. The molecule has 42 heavy (non-hydrogen) atoms. The van der Waals surface area contributed by atoms with Crippen LogP contribution in [0.5, 0.6) is 0 Å². The third-order valence-electron chi connectivity index (χ3n) is 8.55. The van der Waals surface area contributed by atoms with Gasteiger partial charge in [-0.05, 0) is 87.8 Å². The molecule has 2 fully saturated rings. The molecule has 0 radical (unpaired) electrons. The molecule has 2 saturated heterocycles. The van der Waals surface area contributed by atoms with Gasteiger partial charge in [-0.25, -0.2) is 0 Å². The van der Waals surface area contributed by atoms with Gasteiger partial charge >= 0.3 is 0 Å². The molecule has 0 amide bonds. The number of rotatable bonds is 13. The monoisotopic (exact) mass is 598 g/mol. The average Bonchev–Trinajstić information content (AvgIpc) is 3.93. The van der Waals surface area contributed by atoms with Crippen LogP contribution in [0.2, 0.25) is 0 Å². The van der Waals surface area contributed by atoms with Crippen LogP contribution in [0.15, 0.2) is 119 Å². The quantitative estimate of drug-likeness (QED) is 0.150. The molecule has 2 aliphatic rings. The summed E-state index contributed by atoms with van der Waals surface area (Å²) in [6.45, 7) is 4.06. The lowest BCUT2D eigenvalue weighted by Crippen LogP contribution is -2.29. The van der Waals surface area contributed by atoms with Gasteiger partial charge in [-0.3, -0.25) is 8.42 Å². The van der Waals surface area contributed by atoms with E-state index in [0.29, 0.717) is 12.8 Å². The topological polar surface area (TPSA) is 59.2 Å². The molecule has 6 rings (SSSR count). The summed E-state index contributed by atoms with van der Waals surface area (Å²) in [7, 11) is -2.74. The summed E-state index contributed by atoms with van der Waals surface area (Å²) in [6.07, 6.45) is 4.06. The van der Waals surface area contributed by atoms with Crippen LogP contribution in [0.25, 0.3) is 0 Å². The number of ether oxygens (including phenoxy) is 2. The molecule has 6 atom stereocenters. The minimum atomic E-state index is -1.37. The van der Waals surface area contributed by atoms with Crippen LogP contribution in [0.3, 0.4) is 0 Å². The Kier molecular flexibility index (Phi) is 8.60. The van der Waals surface area contributed by atoms with Crippen LogP contribution in [-0.4, -0.2) is 30.5 Å². The van der Waals surface area contributed by atoms with Gasteiger partial charge in [0, 0.05) is 9.79 Å². The molecule has 6 unspecified atom stereocenters. The van der Waals surface area contributed by atoms with E-state index >= 15 is 0 Å². The minimum Gasteiger partial charge on any atom is -0.351 e. The summed E-state index contributed by atoms with van der Waals surface area (Å²) < 4.78 is 41.1. The first-order valence-electron chi connectivity index (χ1n) is 14.8. The van der Waals surface area contributed by atoms with E-state index in [1.54, 1.807) is 0 Å². The lowest BCUT2D eigenvalue weighted by Gasteiger charge is -2.18. The Morgan fingerprint density at radius 1 is 0.548 bits per heavy atom. The SMILES string of the molecule is Cc1ccc(S(=O)C2(CCC3(S(=O)c4ccc(C)cc4)OC3CCc3ccccc3)OC2CCc2ccccc2)cc1. The van der Waals surface area contributed by atoms with E-state index in [1.165, 1.54) is 11.1 Å². The molecular formula is C36H38O4S2. The van der Waals surface area contributed by atoms with Gasteiger partial charge in [0.25, 0.3) is 0 Å². The Labute approximate surface area is 254 Å². The maximum absolute atomic E-state index is 14.1. The molecule has 0 saturated carbocycles. The van der Waals surface area contributed by atoms with Gasteiger partial charge in [0.1, 0.15) is 12.2 Å². The summed E-state index contributed by atoms with van der Waals surface area (Å²) in [5.41, 5.74) is 4.74. The average molecular weight is 599 g/mol. The van der Waals surface area contributed by atoms with Crippen molar-refractivity contribution in [3.05, 3.63) is 131 Å². The molecule has 4 nitrogen and oxygen atoms in total. The fourth-order valence-corrected chi connectivity index (χ4v) is 9.14. The van der Waals surface area contributed by atoms with Crippen LogP contribution in [0.1, 0.15) is 47.9 Å². The zero-order chi connectivity index (χ0) is 29.2. The van der Waals surface area contributed by atoms with E-state index in [-0.39, 0.29) is 12.2 Å². The highest BCUT2D eigenvalue weighted by atomic mass is 32.2. The molecule has 0 spiro atoms. The number of epoxide rings is 2. The number of hydrogen-bond acceptors (Lipinski definition) is 4. The largest absolute Gasteiger partial charge is 0.351 e.